The highest BCUT2D eigenvalue weighted by molar-refractivity contribution is 5.97. The van der Waals surface area contributed by atoms with E-state index in [1.807, 2.05) is 6.92 Å². The molecule has 0 atom stereocenters. The summed E-state index contributed by atoms with van der Waals surface area (Å²) in [5, 5.41) is 16.0. The summed E-state index contributed by atoms with van der Waals surface area (Å²) in [7, 11) is 0. The standard InChI is InChI=1S/C9H14N4O2/c1-2-9(15)4-13(5-9)8(14)7-6(10)3-11-12-7/h3,15H,2,4-5,10H2,1H3,(H,11,12). The molecule has 0 aromatic carbocycles. The van der Waals surface area contributed by atoms with Crippen LogP contribution in [-0.4, -0.2) is 44.8 Å². The second kappa shape index (κ2) is 3.23. The zero-order valence-corrected chi connectivity index (χ0v) is 8.53. The fraction of sp³-hybridized carbons (Fsp3) is 0.556. The number of amides is 1. The minimum atomic E-state index is -0.718. The molecule has 82 valence electrons. The van der Waals surface area contributed by atoms with E-state index in [4.69, 9.17) is 5.73 Å². The van der Waals surface area contributed by atoms with E-state index in [1.165, 1.54) is 6.20 Å². The maximum Gasteiger partial charge on any atom is 0.274 e. The van der Waals surface area contributed by atoms with Crippen molar-refractivity contribution in [2.45, 2.75) is 18.9 Å². The van der Waals surface area contributed by atoms with Gasteiger partial charge in [-0.25, -0.2) is 0 Å². The lowest BCUT2D eigenvalue weighted by Crippen LogP contribution is -2.63. The van der Waals surface area contributed by atoms with Crippen molar-refractivity contribution in [1.82, 2.24) is 15.1 Å². The van der Waals surface area contributed by atoms with Gasteiger partial charge in [0.25, 0.3) is 5.91 Å². The minimum absolute atomic E-state index is 0.205. The number of carbonyl (C=O) groups excluding carboxylic acids is 1. The van der Waals surface area contributed by atoms with Crippen LogP contribution in [0.15, 0.2) is 6.20 Å². The number of carbonyl (C=O) groups is 1. The largest absolute Gasteiger partial charge is 0.396 e. The Bertz CT molecular complexity index is 381. The number of nitrogens with two attached hydrogens (primary N) is 1. The molecule has 1 aliphatic heterocycles. The van der Waals surface area contributed by atoms with E-state index in [2.05, 4.69) is 10.2 Å². The summed E-state index contributed by atoms with van der Waals surface area (Å²) in [5.74, 6) is -0.205. The molecule has 6 heteroatoms. The Labute approximate surface area is 87.1 Å². The van der Waals surface area contributed by atoms with Crippen molar-refractivity contribution in [2.75, 3.05) is 18.8 Å². The molecule has 0 aliphatic carbocycles. The first kappa shape index (κ1) is 9.97. The SMILES string of the molecule is CCC1(O)CN(C(=O)c2[nH]ncc2N)C1. The molecule has 15 heavy (non-hydrogen) atoms. The average molecular weight is 210 g/mol. The molecule has 1 aliphatic rings. The van der Waals surface area contributed by atoms with Gasteiger partial charge in [-0.3, -0.25) is 9.89 Å². The van der Waals surface area contributed by atoms with Crippen LogP contribution in [0, 0.1) is 0 Å². The van der Waals surface area contributed by atoms with Gasteiger partial charge in [-0.1, -0.05) is 6.92 Å². The molecule has 4 N–H and O–H groups in total. The normalized spacial score (nSPS) is 18.7. The van der Waals surface area contributed by atoms with Crippen molar-refractivity contribution in [1.29, 1.82) is 0 Å². The summed E-state index contributed by atoms with van der Waals surface area (Å²) >= 11 is 0. The van der Waals surface area contributed by atoms with Gasteiger partial charge in [0.1, 0.15) is 5.69 Å². The number of nitrogens with zero attached hydrogens (tertiary/aromatic N) is 2. The van der Waals surface area contributed by atoms with Gasteiger partial charge in [-0.15, -0.1) is 0 Å². The smallest absolute Gasteiger partial charge is 0.274 e. The Hall–Kier alpha value is -1.56. The van der Waals surface area contributed by atoms with Crippen LogP contribution in [0.4, 0.5) is 5.69 Å². The third-order valence-electron chi connectivity index (χ3n) is 2.80. The number of aromatic nitrogens is 2. The summed E-state index contributed by atoms with van der Waals surface area (Å²) in [4.78, 5) is 13.3. The van der Waals surface area contributed by atoms with E-state index < -0.39 is 5.60 Å². The van der Waals surface area contributed by atoms with Gasteiger partial charge < -0.3 is 15.7 Å². The third-order valence-corrected chi connectivity index (χ3v) is 2.80. The number of aliphatic hydroxyl groups is 1. The first-order valence-corrected chi connectivity index (χ1v) is 4.86. The minimum Gasteiger partial charge on any atom is -0.396 e. The van der Waals surface area contributed by atoms with Crippen molar-refractivity contribution in [3.05, 3.63) is 11.9 Å². The van der Waals surface area contributed by atoms with Crippen molar-refractivity contribution >= 4 is 11.6 Å². The maximum absolute atomic E-state index is 11.8. The summed E-state index contributed by atoms with van der Waals surface area (Å²) in [5.41, 5.74) is 5.48. The van der Waals surface area contributed by atoms with Gasteiger partial charge in [-0.05, 0) is 6.42 Å². The average Bonchev–Trinajstić information content (AvgIpc) is 2.58. The molecular formula is C9H14N4O2. The van der Waals surface area contributed by atoms with Crippen LogP contribution in [0.3, 0.4) is 0 Å². The summed E-state index contributed by atoms with van der Waals surface area (Å²) in [6.45, 7) is 2.62. The van der Waals surface area contributed by atoms with E-state index in [0.29, 0.717) is 30.9 Å². The van der Waals surface area contributed by atoms with Gasteiger partial charge >= 0.3 is 0 Å². The van der Waals surface area contributed by atoms with E-state index in [9.17, 15) is 9.90 Å². The highest BCUT2D eigenvalue weighted by Crippen LogP contribution is 2.26. The van der Waals surface area contributed by atoms with E-state index in [-0.39, 0.29) is 5.91 Å². The Morgan fingerprint density at radius 2 is 2.47 bits per heavy atom. The Morgan fingerprint density at radius 1 is 1.80 bits per heavy atom. The van der Waals surface area contributed by atoms with Gasteiger partial charge in [0.05, 0.1) is 30.6 Å². The first-order valence-electron chi connectivity index (χ1n) is 4.86. The van der Waals surface area contributed by atoms with E-state index in [0.717, 1.165) is 0 Å². The first-order chi connectivity index (χ1) is 7.06. The molecule has 6 nitrogen and oxygen atoms in total. The van der Waals surface area contributed by atoms with Gasteiger partial charge in [0.15, 0.2) is 0 Å². The number of aromatic amines is 1. The van der Waals surface area contributed by atoms with Crippen molar-refractivity contribution in [3.8, 4) is 0 Å². The van der Waals surface area contributed by atoms with E-state index in [1.54, 1.807) is 4.90 Å². The second-order valence-electron chi connectivity index (χ2n) is 3.94. The number of nitrogens with one attached hydrogen (secondary N) is 1. The fourth-order valence-corrected chi connectivity index (χ4v) is 1.66. The molecule has 1 aromatic rings. The Balaban J connectivity index is 2.04. The van der Waals surface area contributed by atoms with Gasteiger partial charge in [0.2, 0.25) is 0 Å². The highest BCUT2D eigenvalue weighted by Gasteiger charge is 2.42. The second-order valence-corrected chi connectivity index (χ2v) is 3.94. The van der Waals surface area contributed by atoms with Crippen LogP contribution < -0.4 is 5.73 Å². The summed E-state index contributed by atoms with van der Waals surface area (Å²) in [6, 6.07) is 0. The van der Waals surface area contributed by atoms with Crippen molar-refractivity contribution < 1.29 is 9.90 Å². The molecule has 1 fully saturated rings. The van der Waals surface area contributed by atoms with Crippen LogP contribution in [0.5, 0.6) is 0 Å². The third kappa shape index (κ3) is 1.56. The van der Waals surface area contributed by atoms with Crippen LogP contribution in [0.25, 0.3) is 0 Å². The van der Waals surface area contributed by atoms with Gasteiger partial charge in [-0.2, -0.15) is 5.10 Å². The van der Waals surface area contributed by atoms with Crippen LogP contribution >= 0.6 is 0 Å². The van der Waals surface area contributed by atoms with Crippen LogP contribution in [-0.2, 0) is 0 Å². The zero-order valence-electron chi connectivity index (χ0n) is 8.53. The number of nitrogen functional groups attached to an aromatic ring is 1. The number of rotatable bonds is 2. The predicted octanol–water partition coefficient (Wildman–Crippen LogP) is -0.411. The molecule has 1 aromatic heterocycles. The van der Waals surface area contributed by atoms with Crippen LogP contribution in [0.2, 0.25) is 0 Å². The number of β-amino-alcohol motifs (C(OH)–C–C–N with tert-alkyl or cyclic N) is 1. The molecule has 2 rings (SSSR count). The molecule has 0 unspecified atom stereocenters. The Kier molecular flexibility index (Phi) is 2.15. The lowest BCUT2D eigenvalue weighted by Gasteiger charge is -2.45. The van der Waals surface area contributed by atoms with Crippen molar-refractivity contribution in [2.24, 2.45) is 0 Å². The predicted molar refractivity (Wildman–Crippen MR) is 54.1 cm³/mol. The summed E-state index contributed by atoms with van der Waals surface area (Å²) in [6.07, 6.45) is 2.05. The molecule has 0 saturated carbocycles. The summed E-state index contributed by atoms with van der Waals surface area (Å²) < 4.78 is 0. The fourth-order valence-electron chi connectivity index (χ4n) is 1.66. The van der Waals surface area contributed by atoms with Gasteiger partial charge in [0, 0.05) is 0 Å². The molecule has 1 amide bonds. The topological polar surface area (TPSA) is 95.2 Å². The van der Waals surface area contributed by atoms with Crippen molar-refractivity contribution in [3.63, 3.8) is 0 Å². The number of anilines is 1. The number of likely N-dealkylation sites (tertiary alicyclic amines) is 1. The zero-order chi connectivity index (χ0) is 11.1. The van der Waals surface area contributed by atoms with E-state index >= 15 is 0 Å². The van der Waals surface area contributed by atoms with Crippen LogP contribution in [0.1, 0.15) is 23.8 Å². The molecular weight excluding hydrogens is 196 g/mol. The highest BCUT2D eigenvalue weighted by atomic mass is 16.3. The number of hydrogen-bond donors (Lipinski definition) is 3. The quantitative estimate of drug-likeness (QED) is 0.618. The maximum atomic E-state index is 11.8. The molecule has 2 heterocycles. The lowest BCUT2D eigenvalue weighted by atomic mass is 9.91. The molecule has 0 radical (unpaired) electrons. The lowest BCUT2D eigenvalue weighted by molar-refractivity contribution is -0.0827. The molecule has 0 spiro atoms. The monoisotopic (exact) mass is 210 g/mol. The molecule has 1 saturated heterocycles. The Morgan fingerprint density at radius 3 is 2.93 bits per heavy atom. The number of H-pyrrole nitrogens is 1. The molecule has 0 bridgehead atoms. The number of hydrogen-bond acceptors (Lipinski definition) is 4.